The Hall–Kier alpha value is 0.0800. The van der Waals surface area contributed by atoms with E-state index in [1.165, 1.54) is 0 Å². The van der Waals surface area contributed by atoms with Crippen molar-refractivity contribution in [1.82, 2.24) is 0 Å². The molecule has 0 rings (SSSR count). The minimum Gasteiger partial charge on any atom is -0.474 e. The quantitative estimate of drug-likeness (QED) is 0.336. The zero-order valence-electron chi connectivity index (χ0n) is 6.83. The van der Waals surface area contributed by atoms with E-state index in [0.29, 0.717) is 0 Å². The third-order valence-electron chi connectivity index (χ3n) is 0.977. The van der Waals surface area contributed by atoms with Crippen LogP contribution in [-0.4, -0.2) is 16.3 Å². The first kappa shape index (κ1) is 12.1. The number of hydrogen-bond acceptors (Lipinski definition) is 2. The predicted molar refractivity (Wildman–Crippen MR) is 53.4 cm³/mol. The highest BCUT2D eigenvalue weighted by Gasteiger charge is 2.28. The van der Waals surface area contributed by atoms with E-state index in [1.54, 1.807) is 6.08 Å². The Morgan fingerprint density at radius 1 is 1.42 bits per heavy atom. The van der Waals surface area contributed by atoms with Crippen molar-refractivity contribution >= 4 is 40.7 Å². The van der Waals surface area contributed by atoms with Crippen LogP contribution in [0.4, 0.5) is 0 Å². The molecule has 0 aliphatic carbocycles. The molecule has 0 spiro atoms. The number of alkyl halides is 3. The largest absolute Gasteiger partial charge is 0.474 e. The zero-order valence-corrected chi connectivity index (χ0v) is 9.09. The van der Waals surface area contributed by atoms with Gasteiger partial charge in [0.25, 0.3) is 3.79 Å². The Morgan fingerprint density at radius 3 is 2.25 bits per heavy atom. The second kappa shape index (κ2) is 4.95. The fourth-order valence-corrected chi connectivity index (χ4v) is 0.537. The third-order valence-corrected chi connectivity index (χ3v) is 1.49. The molecule has 12 heavy (non-hydrogen) atoms. The van der Waals surface area contributed by atoms with Gasteiger partial charge in [0, 0.05) is 0 Å². The van der Waals surface area contributed by atoms with Gasteiger partial charge in [0.05, 0.1) is 0 Å². The molecule has 0 bridgehead atoms. The maximum Gasteiger partial charge on any atom is 0.265 e. The van der Waals surface area contributed by atoms with Crippen LogP contribution in [0.15, 0.2) is 11.6 Å². The standard InChI is InChI=1S/C7H10Cl3NO/c1-5(2)3-4-12-6(11)7(8,9)10/h3,11H,4H2,1-2H3. The maximum atomic E-state index is 7.14. The van der Waals surface area contributed by atoms with Crippen molar-refractivity contribution in [3.8, 4) is 0 Å². The molecule has 0 aromatic carbocycles. The molecule has 1 N–H and O–H groups in total. The highest BCUT2D eigenvalue weighted by Crippen LogP contribution is 2.27. The predicted octanol–water partition coefficient (Wildman–Crippen LogP) is 3.32. The lowest BCUT2D eigenvalue weighted by atomic mass is 10.3. The summed E-state index contributed by atoms with van der Waals surface area (Å²) in [6, 6.07) is 0. The number of ether oxygens (including phenoxy) is 1. The molecule has 0 unspecified atom stereocenters. The fourth-order valence-electron chi connectivity index (χ4n) is 0.373. The lowest BCUT2D eigenvalue weighted by Crippen LogP contribution is -2.21. The molecule has 5 heteroatoms. The zero-order chi connectivity index (χ0) is 9.78. The third kappa shape index (κ3) is 5.70. The Kier molecular flexibility index (Phi) is 4.98. The number of halogens is 3. The van der Waals surface area contributed by atoms with Crippen molar-refractivity contribution in [2.45, 2.75) is 17.6 Å². The molecule has 70 valence electrons. The van der Waals surface area contributed by atoms with Crippen molar-refractivity contribution in [1.29, 1.82) is 5.41 Å². The van der Waals surface area contributed by atoms with Crippen molar-refractivity contribution in [2.24, 2.45) is 0 Å². The van der Waals surface area contributed by atoms with Crippen LogP contribution in [0.25, 0.3) is 0 Å². The SMILES string of the molecule is CC(C)=CCOC(=N)C(Cl)(Cl)Cl. The second-order valence-electron chi connectivity index (χ2n) is 2.42. The van der Waals surface area contributed by atoms with Crippen LogP contribution < -0.4 is 0 Å². The van der Waals surface area contributed by atoms with Gasteiger partial charge < -0.3 is 4.74 Å². The van der Waals surface area contributed by atoms with Gasteiger partial charge >= 0.3 is 0 Å². The smallest absolute Gasteiger partial charge is 0.265 e. The van der Waals surface area contributed by atoms with Gasteiger partial charge in [-0.1, -0.05) is 40.4 Å². The monoisotopic (exact) mass is 229 g/mol. The summed E-state index contributed by atoms with van der Waals surface area (Å²) in [5.74, 6) is -0.356. The molecule has 0 saturated heterocycles. The topological polar surface area (TPSA) is 33.1 Å². The van der Waals surface area contributed by atoms with E-state index in [1.807, 2.05) is 13.8 Å². The number of rotatable bonds is 2. The van der Waals surface area contributed by atoms with E-state index in [2.05, 4.69) is 0 Å². The minimum atomic E-state index is -1.75. The second-order valence-corrected chi connectivity index (χ2v) is 4.70. The van der Waals surface area contributed by atoms with Crippen molar-refractivity contribution in [3.63, 3.8) is 0 Å². The van der Waals surface area contributed by atoms with E-state index < -0.39 is 3.79 Å². The Labute approximate surface area is 86.9 Å². The maximum absolute atomic E-state index is 7.14. The van der Waals surface area contributed by atoms with Crippen molar-refractivity contribution < 1.29 is 4.74 Å². The first-order chi connectivity index (χ1) is 5.34. The molecular weight excluding hydrogens is 220 g/mol. The van der Waals surface area contributed by atoms with Crippen LogP contribution in [0.2, 0.25) is 0 Å². The average Bonchev–Trinajstić information content (AvgIpc) is 1.84. The van der Waals surface area contributed by atoms with Gasteiger partial charge in [-0.2, -0.15) is 0 Å². The summed E-state index contributed by atoms with van der Waals surface area (Å²) < 4.78 is 3.07. The molecule has 0 aliphatic rings. The van der Waals surface area contributed by atoms with Crippen molar-refractivity contribution in [3.05, 3.63) is 11.6 Å². The number of hydrogen-bond donors (Lipinski definition) is 1. The highest BCUT2D eigenvalue weighted by atomic mass is 35.6. The summed E-state index contributed by atoms with van der Waals surface area (Å²) in [6.45, 7) is 4.10. The first-order valence-electron chi connectivity index (χ1n) is 3.26. The van der Waals surface area contributed by atoms with Gasteiger partial charge in [-0.3, -0.25) is 5.41 Å². The van der Waals surface area contributed by atoms with Gasteiger partial charge in [-0.25, -0.2) is 0 Å². The fraction of sp³-hybridized carbons (Fsp3) is 0.571. The molecule has 0 amide bonds. The Balaban J connectivity index is 3.82. The highest BCUT2D eigenvalue weighted by molar-refractivity contribution is 6.76. The van der Waals surface area contributed by atoms with Crippen LogP contribution in [0, 0.1) is 5.41 Å². The van der Waals surface area contributed by atoms with E-state index in [0.717, 1.165) is 5.57 Å². The molecule has 2 nitrogen and oxygen atoms in total. The average molecular weight is 231 g/mol. The van der Waals surface area contributed by atoms with Gasteiger partial charge in [-0.05, 0) is 19.9 Å². The molecule has 0 saturated carbocycles. The normalized spacial score (nSPS) is 10.8. The minimum absolute atomic E-state index is 0.259. The summed E-state index contributed by atoms with van der Waals surface area (Å²) in [5, 5.41) is 7.14. The van der Waals surface area contributed by atoms with E-state index >= 15 is 0 Å². The molecular formula is C7H10Cl3NO. The lowest BCUT2D eigenvalue weighted by molar-refractivity contribution is 0.339. The number of nitrogens with one attached hydrogen (secondary N) is 1. The van der Waals surface area contributed by atoms with Crippen LogP contribution in [-0.2, 0) is 4.74 Å². The van der Waals surface area contributed by atoms with Crippen LogP contribution in [0.1, 0.15) is 13.8 Å². The first-order valence-corrected chi connectivity index (χ1v) is 4.39. The van der Waals surface area contributed by atoms with Gasteiger partial charge in [-0.15, -0.1) is 0 Å². The molecule has 0 heterocycles. The van der Waals surface area contributed by atoms with Crippen molar-refractivity contribution in [2.75, 3.05) is 6.61 Å². The Morgan fingerprint density at radius 2 is 1.92 bits per heavy atom. The molecule has 0 radical (unpaired) electrons. The lowest BCUT2D eigenvalue weighted by Gasteiger charge is -2.11. The van der Waals surface area contributed by atoms with Gasteiger partial charge in [0.2, 0.25) is 5.90 Å². The summed E-state index contributed by atoms with van der Waals surface area (Å²) in [6.07, 6.45) is 1.80. The van der Waals surface area contributed by atoms with Crippen LogP contribution in [0.3, 0.4) is 0 Å². The van der Waals surface area contributed by atoms with E-state index in [4.69, 9.17) is 44.9 Å². The summed E-state index contributed by atoms with van der Waals surface area (Å²) >= 11 is 16.1. The molecule has 0 aromatic heterocycles. The summed E-state index contributed by atoms with van der Waals surface area (Å²) in [4.78, 5) is 0. The Bertz CT molecular complexity index is 191. The van der Waals surface area contributed by atoms with Crippen LogP contribution >= 0.6 is 34.8 Å². The number of allylic oxidation sites excluding steroid dienone is 1. The van der Waals surface area contributed by atoms with E-state index in [9.17, 15) is 0 Å². The molecule has 0 aromatic rings. The molecule has 0 fully saturated rings. The van der Waals surface area contributed by atoms with Gasteiger partial charge in [0.1, 0.15) is 6.61 Å². The summed E-state index contributed by atoms with van der Waals surface area (Å²) in [7, 11) is 0. The van der Waals surface area contributed by atoms with E-state index in [-0.39, 0.29) is 12.5 Å². The summed E-state index contributed by atoms with van der Waals surface area (Å²) in [5.41, 5.74) is 1.09. The van der Waals surface area contributed by atoms with Gasteiger partial charge in [0.15, 0.2) is 0 Å². The molecule has 0 atom stereocenters. The molecule has 0 aliphatic heterocycles. The van der Waals surface area contributed by atoms with Crippen LogP contribution in [0.5, 0.6) is 0 Å².